The highest BCUT2D eigenvalue weighted by Crippen LogP contribution is 2.29. The minimum Gasteiger partial charge on any atom is -0.348 e. The lowest BCUT2D eigenvalue weighted by Crippen LogP contribution is -2.44. The minimum atomic E-state index is -0.136. The molecule has 5 rings (SSSR count). The van der Waals surface area contributed by atoms with Crippen LogP contribution in [0.1, 0.15) is 28.9 Å². The van der Waals surface area contributed by atoms with Gasteiger partial charge in [0.15, 0.2) is 0 Å². The number of carbonyl (C=O) groups is 1. The smallest absolute Gasteiger partial charge is 0.270 e. The van der Waals surface area contributed by atoms with Gasteiger partial charge in [0.05, 0.1) is 20.6 Å². The van der Waals surface area contributed by atoms with Crippen LogP contribution in [-0.4, -0.2) is 39.7 Å². The van der Waals surface area contributed by atoms with Crippen molar-refractivity contribution in [3.05, 3.63) is 93.4 Å². The Morgan fingerprint density at radius 3 is 2.50 bits per heavy atom. The summed E-state index contributed by atoms with van der Waals surface area (Å²) in [6.45, 7) is 2.84. The minimum absolute atomic E-state index is 0.127. The molecule has 8 heteroatoms. The zero-order valence-electron chi connectivity index (χ0n) is 18.5. The number of likely N-dealkylation sites (tertiary alicyclic amines) is 1. The number of benzene rings is 2. The number of rotatable bonds is 6. The molecule has 0 unspecified atom stereocenters. The maximum atomic E-state index is 13.4. The second-order valence-electron chi connectivity index (χ2n) is 8.41. The van der Waals surface area contributed by atoms with Gasteiger partial charge in [-0.25, -0.2) is 4.68 Å². The molecule has 1 amide bonds. The number of amides is 1. The van der Waals surface area contributed by atoms with Crippen LogP contribution in [0.5, 0.6) is 0 Å². The molecule has 1 aliphatic heterocycles. The summed E-state index contributed by atoms with van der Waals surface area (Å²) < 4.78 is 1.65. The topological polar surface area (TPSA) is 50.2 Å². The Hall–Kier alpha value is -2.64. The van der Waals surface area contributed by atoms with Gasteiger partial charge >= 0.3 is 0 Å². The van der Waals surface area contributed by atoms with Crippen molar-refractivity contribution in [3.63, 3.8) is 0 Å². The van der Waals surface area contributed by atoms with Crippen molar-refractivity contribution in [2.75, 3.05) is 13.1 Å². The van der Waals surface area contributed by atoms with Crippen molar-refractivity contribution < 1.29 is 4.79 Å². The first-order valence-corrected chi connectivity index (χ1v) is 12.9. The molecule has 5 nitrogen and oxygen atoms in total. The number of nitrogens with zero attached hydrogens (tertiary/aromatic N) is 3. The lowest BCUT2D eigenvalue weighted by molar-refractivity contribution is 0.0901. The number of thiophene rings is 1. The highest BCUT2D eigenvalue weighted by atomic mass is 35.5. The van der Waals surface area contributed by atoms with Crippen molar-refractivity contribution in [3.8, 4) is 16.3 Å². The third-order valence-corrected chi connectivity index (χ3v) is 7.67. The molecule has 0 bridgehead atoms. The zero-order valence-corrected chi connectivity index (χ0v) is 20.8. The molecule has 0 saturated carbocycles. The molecule has 1 fully saturated rings. The fraction of sp³-hybridized carbons (Fsp3) is 0.231. The molecule has 34 heavy (non-hydrogen) atoms. The standard InChI is InChI=1S/C26H24Cl2N4OS/c27-21-9-8-20(15-22(21)28)32-24(16-23(30-32)25-7-4-14-34-25)26(33)29-19-10-12-31(13-11-19)17-18-5-2-1-3-6-18/h1-9,14-16,19H,10-13,17H2,(H,29,33). The number of aromatic nitrogens is 2. The molecular weight excluding hydrogens is 487 g/mol. The number of piperidine rings is 1. The summed E-state index contributed by atoms with van der Waals surface area (Å²) in [5.74, 6) is -0.136. The van der Waals surface area contributed by atoms with Crippen LogP contribution in [0, 0.1) is 0 Å². The van der Waals surface area contributed by atoms with Crippen molar-refractivity contribution >= 4 is 40.4 Å². The fourth-order valence-electron chi connectivity index (χ4n) is 4.24. The van der Waals surface area contributed by atoms with E-state index in [1.807, 2.05) is 35.7 Å². The molecule has 2 aromatic carbocycles. The van der Waals surface area contributed by atoms with Crippen molar-refractivity contribution in [2.45, 2.75) is 25.4 Å². The van der Waals surface area contributed by atoms with Gasteiger partial charge in [0.1, 0.15) is 11.4 Å². The molecule has 0 spiro atoms. The summed E-state index contributed by atoms with van der Waals surface area (Å²) >= 11 is 13.9. The molecule has 0 atom stereocenters. The largest absolute Gasteiger partial charge is 0.348 e. The van der Waals surface area contributed by atoms with Crippen LogP contribution in [0.25, 0.3) is 16.3 Å². The Morgan fingerprint density at radius 1 is 1.00 bits per heavy atom. The van der Waals surface area contributed by atoms with Gasteiger partial charge in [-0.2, -0.15) is 5.10 Å². The predicted molar refractivity (Wildman–Crippen MR) is 139 cm³/mol. The molecule has 0 aliphatic carbocycles. The van der Waals surface area contributed by atoms with Crippen LogP contribution in [0.4, 0.5) is 0 Å². The van der Waals surface area contributed by atoms with Crippen LogP contribution < -0.4 is 5.32 Å². The lowest BCUT2D eigenvalue weighted by atomic mass is 10.0. The highest BCUT2D eigenvalue weighted by Gasteiger charge is 2.24. The van der Waals surface area contributed by atoms with E-state index in [1.54, 1.807) is 28.2 Å². The van der Waals surface area contributed by atoms with Crippen LogP contribution in [0.15, 0.2) is 72.1 Å². The number of nitrogens with one attached hydrogen (secondary N) is 1. The summed E-state index contributed by atoms with van der Waals surface area (Å²) in [6.07, 6.45) is 1.83. The molecule has 0 radical (unpaired) electrons. The normalized spacial score (nSPS) is 14.9. The molecule has 2 aromatic heterocycles. The number of hydrogen-bond acceptors (Lipinski definition) is 4. The van der Waals surface area contributed by atoms with Crippen LogP contribution in [-0.2, 0) is 6.54 Å². The van der Waals surface area contributed by atoms with Crippen LogP contribution in [0.2, 0.25) is 10.0 Å². The SMILES string of the molecule is O=C(NC1CCN(Cc2ccccc2)CC1)c1cc(-c2cccs2)nn1-c1ccc(Cl)c(Cl)c1. The van der Waals surface area contributed by atoms with Crippen LogP contribution >= 0.6 is 34.5 Å². The van der Waals surface area contributed by atoms with Gasteiger partial charge in [-0.3, -0.25) is 9.69 Å². The fourth-order valence-corrected chi connectivity index (χ4v) is 5.21. The van der Waals surface area contributed by atoms with E-state index in [0.717, 1.165) is 43.0 Å². The van der Waals surface area contributed by atoms with Crippen LogP contribution in [0.3, 0.4) is 0 Å². The number of hydrogen-bond donors (Lipinski definition) is 1. The van der Waals surface area contributed by atoms with Gasteiger partial charge < -0.3 is 5.32 Å². The molecule has 4 aromatic rings. The van der Waals surface area contributed by atoms with E-state index < -0.39 is 0 Å². The Balaban J connectivity index is 1.31. The molecule has 174 valence electrons. The first-order chi connectivity index (χ1) is 16.6. The van der Waals surface area contributed by atoms with Crippen molar-refractivity contribution in [2.24, 2.45) is 0 Å². The second-order valence-corrected chi connectivity index (χ2v) is 10.2. The van der Waals surface area contributed by atoms with Gasteiger partial charge in [-0.15, -0.1) is 11.3 Å². The average Bonchev–Trinajstić information content (AvgIpc) is 3.53. The Bertz CT molecular complexity index is 1270. The Labute approximate surface area is 212 Å². The van der Waals surface area contributed by atoms with E-state index in [1.165, 1.54) is 5.56 Å². The van der Waals surface area contributed by atoms with E-state index in [0.29, 0.717) is 21.4 Å². The summed E-state index contributed by atoms with van der Waals surface area (Å²) in [5.41, 5.74) is 3.24. The van der Waals surface area contributed by atoms with Gasteiger partial charge in [0.2, 0.25) is 0 Å². The van der Waals surface area contributed by atoms with E-state index in [-0.39, 0.29) is 11.9 Å². The van der Waals surface area contributed by atoms with Crippen molar-refractivity contribution in [1.29, 1.82) is 0 Å². The summed E-state index contributed by atoms with van der Waals surface area (Å²) in [6, 6.07) is 21.7. The van der Waals surface area contributed by atoms with Gasteiger partial charge in [-0.05, 0) is 54.1 Å². The summed E-state index contributed by atoms with van der Waals surface area (Å²) in [4.78, 5) is 16.8. The van der Waals surface area contributed by atoms with Gasteiger partial charge in [-0.1, -0.05) is 59.6 Å². The Kier molecular flexibility index (Phi) is 7.02. The zero-order chi connectivity index (χ0) is 23.5. The second kappa shape index (κ2) is 10.3. The van der Waals surface area contributed by atoms with E-state index in [9.17, 15) is 4.79 Å². The molecular formula is C26H24Cl2N4OS. The van der Waals surface area contributed by atoms with Gasteiger partial charge in [0, 0.05) is 25.7 Å². The van der Waals surface area contributed by atoms with E-state index in [4.69, 9.17) is 28.3 Å². The quantitative estimate of drug-likeness (QED) is 0.331. The van der Waals surface area contributed by atoms with E-state index >= 15 is 0 Å². The summed E-state index contributed by atoms with van der Waals surface area (Å²) in [7, 11) is 0. The first kappa shape index (κ1) is 23.1. The molecule has 1 aliphatic rings. The summed E-state index contributed by atoms with van der Waals surface area (Å²) in [5, 5.41) is 10.8. The third-order valence-electron chi connectivity index (χ3n) is 6.04. The number of halogens is 2. The monoisotopic (exact) mass is 510 g/mol. The first-order valence-electron chi connectivity index (χ1n) is 11.2. The molecule has 1 saturated heterocycles. The van der Waals surface area contributed by atoms with Crippen molar-refractivity contribution in [1.82, 2.24) is 20.0 Å². The lowest BCUT2D eigenvalue weighted by Gasteiger charge is -2.32. The van der Waals surface area contributed by atoms with Gasteiger partial charge in [0.25, 0.3) is 5.91 Å². The molecule has 1 N–H and O–H groups in total. The maximum Gasteiger partial charge on any atom is 0.270 e. The van der Waals surface area contributed by atoms with E-state index in [2.05, 4.69) is 34.5 Å². The molecule has 3 heterocycles. The highest BCUT2D eigenvalue weighted by molar-refractivity contribution is 7.13. The predicted octanol–water partition coefficient (Wildman–Crippen LogP) is 6.30. The third kappa shape index (κ3) is 5.20. The number of carbonyl (C=O) groups excluding carboxylic acids is 1. The maximum absolute atomic E-state index is 13.4. The average molecular weight is 511 g/mol. The Morgan fingerprint density at radius 2 is 1.79 bits per heavy atom.